The first-order valence-electron chi connectivity index (χ1n) is 9.23. The number of carbonyl (C=O) groups excluding carboxylic acids is 2. The molecule has 0 radical (unpaired) electrons. The van der Waals surface area contributed by atoms with E-state index in [9.17, 15) is 9.59 Å². The molecule has 1 aromatic carbocycles. The quantitative estimate of drug-likeness (QED) is 0.790. The van der Waals surface area contributed by atoms with Crippen molar-refractivity contribution in [2.75, 3.05) is 20.8 Å². The molecule has 1 aliphatic heterocycles. The van der Waals surface area contributed by atoms with E-state index in [1.165, 1.54) is 12.7 Å². The third-order valence-electron chi connectivity index (χ3n) is 4.96. The Morgan fingerprint density at radius 2 is 2.07 bits per heavy atom. The molecule has 2 heterocycles. The first-order chi connectivity index (χ1) is 12.9. The number of aromatic amines is 1. The van der Waals surface area contributed by atoms with Crippen LogP contribution in [0.4, 0.5) is 4.79 Å². The van der Waals surface area contributed by atoms with Crippen molar-refractivity contribution in [3.63, 3.8) is 0 Å². The molecule has 0 spiro atoms. The van der Waals surface area contributed by atoms with Gasteiger partial charge in [-0.3, -0.25) is 0 Å². The van der Waals surface area contributed by atoms with Gasteiger partial charge in [0.2, 0.25) is 0 Å². The van der Waals surface area contributed by atoms with E-state index in [2.05, 4.69) is 10.3 Å². The fourth-order valence-corrected chi connectivity index (χ4v) is 3.59. The van der Waals surface area contributed by atoms with E-state index in [1.807, 2.05) is 32.0 Å². The van der Waals surface area contributed by atoms with Crippen molar-refractivity contribution in [2.24, 2.45) is 5.92 Å². The van der Waals surface area contributed by atoms with Gasteiger partial charge in [0.05, 0.1) is 20.8 Å². The van der Waals surface area contributed by atoms with Crippen molar-refractivity contribution in [1.29, 1.82) is 0 Å². The SMILES string of the molecule is COC(=O)C(CC(C)C)NC(=O)N1CCc2c([nH]c3ccc(OC)cc23)C1. The number of carbonyl (C=O) groups is 2. The van der Waals surface area contributed by atoms with E-state index in [4.69, 9.17) is 9.47 Å². The molecule has 1 aliphatic rings. The summed E-state index contributed by atoms with van der Waals surface area (Å²) in [6.07, 6.45) is 1.30. The van der Waals surface area contributed by atoms with Gasteiger partial charge in [-0.2, -0.15) is 0 Å². The molecule has 3 rings (SSSR count). The van der Waals surface area contributed by atoms with Gasteiger partial charge in [-0.05, 0) is 42.5 Å². The Bertz CT molecular complexity index is 843. The molecule has 7 nitrogen and oxygen atoms in total. The van der Waals surface area contributed by atoms with Crippen LogP contribution in [0.1, 0.15) is 31.5 Å². The van der Waals surface area contributed by atoms with Gasteiger partial charge >= 0.3 is 12.0 Å². The van der Waals surface area contributed by atoms with Gasteiger partial charge in [-0.15, -0.1) is 0 Å². The number of urea groups is 1. The van der Waals surface area contributed by atoms with Gasteiger partial charge in [0, 0.05) is 23.1 Å². The molecule has 2 amide bonds. The van der Waals surface area contributed by atoms with Crippen LogP contribution in [0.3, 0.4) is 0 Å². The maximum atomic E-state index is 12.7. The number of amides is 2. The van der Waals surface area contributed by atoms with Crippen LogP contribution in [0.25, 0.3) is 10.9 Å². The van der Waals surface area contributed by atoms with Crippen LogP contribution in [0.15, 0.2) is 18.2 Å². The first kappa shape index (κ1) is 19.1. The van der Waals surface area contributed by atoms with Crippen molar-refractivity contribution in [3.8, 4) is 5.75 Å². The summed E-state index contributed by atoms with van der Waals surface area (Å²) >= 11 is 0. The number of H-pyrrole nitrogens is 1. The van der Waals surface area contributed by atoms with Crippen LogP contribution >= 0.6 is 0 Å². The number of methoxy groups -OCH3 is 2. The zero-order chi connectivity index (χ0) is 19.6. The summed E-state index contributed by atoms with van der Waals surface area (Å²) in [4.78, 5) is 29.8. The largest absolute Gasteiger partial charge is 0.497 e. The molecule has 1 unspecified atom stereocenters. The molecule has 0 saturated heterocycles. The zero-order valence-corrected chi connectivity index (χ0v) is 16.3. The van der Waals surface area contributed by atoms with Crippen LogP contribution in [-0.4, -0.2) is 48.7 Å². The minimum atomic E-state index is -0.629. The second-order valence-corrected chi connectivity index (χ2v) is 7.32. The second-order valence-electron chi connectivity index (χ2n) is 7.32. The van der Waals surface area contributed by atoms with E-state index in [0.29, 0.717) is 19.5 Å². The number of esters is 1. The van der Waals surface area contributed by atoms with Gasteiger partial charge in [-0.1, -0.05) is 13.8 Å². The van der Waals surface area contributed by atoms with Crippen molar-refractivity contribution in [2.45, 2.75) is 39.3 Å². The van der Waals surface area contributed by atoms with Crippen LogP contribution in [-0.2, 0) is 22.5 Å². The van der Waals surface area contributed by atoms with Gasteiger partial charge < -0.3 is 24.7 Å². The van der Waals surface area contributed by atoms with E-state index >= 15 is 0 Å². The summed E-state index contributed by atoms with van der Waals surface area (Å²) in [5, 5.41) is 3.97. The van der Waals surface area contributed by atoms with Crippen LogP contribution in [0, 0.1) is 5.92 Å². The second kappa shape index (κ2) is 7.90. The lowest BCUT2D eigenvalue weighted by Crippen LogP contribution is -2.50. The Balaban J connectivity index is 1.74. The van der Waals surface area contributed by atoms with Gasteiger partial charge in [0.25, 0.3) is 0 Å². The summed E-state index contributed by atoms with van der Waals surface area (Å²) < 4.78 is 10.1. The lowest BCUT2D eigenvalue weighted by molar-refractivity contribution is -0.143. The van der Waals surface area contributed by atoms with Crippen molar-refractivity contribution < 1.29 is 19.1 Å². The van der Waals surface area contributed by atoms with Gasteiger partial charge in [0.15, 0.2) is 0 Å². The maximum absolute atomic E-state index is 12.7. The number of fused-ring (bicyclic) bond motifs is 3. The lowest BCUT2D eigenvalue weighted by atomic mass is 10.0. The maximum Gasteiger partial charge on any atom is 0.328 e. The molecule has 2 aromatic rings. The molecule has 0 saturated carbocycles. The number of hydrogen-bond donors (Lipinski definition) is 2. The third-order valence-corrected chi connectivity index (χ3v) is 4.96. The van der Waals surface area contributed by atoms with Crippen molar-refractivity contribution in [3.05, 3.63) is 29.5 Å². The Morgan fingerprint density at radius 3 is 2.74 bits per heavy atom. The number of hydrogen-bond acceptors (Lipinski definition) is 4. The molecule has 146 valence electrons. The lowest BCUT2D eigenvalue weighted by Gasteiger charge is -2.29. The zero-order valence-electron chi connectivity index (χ0n) is 16.3. The molecule has 7 heteroatoms. The fourth-order valence-electron chi connectivity index (χ4n) is 3.59. The average Bonchev–Trinajstić information content (AvgIpc) is 3.03. The number of rotatable bonds is 5. The summed E-state index contributed by atoms with van der Waals surface area (Å²) in [6, 6.07) is 5.06. The molecular weight excluding hydrogens is 346 g/mol. The smallest absolute Gasteiger partial charge is 0.328 e. The topological polar surface area (TPSA) is 83.7 Å². The first-order valence-corrected chi connectivity index (χ1v) is 9.23. The highest BCUT2D eigenvalue weighted by atomic mass is 16.5. The molecule has 2 N–H and O–H groups in total. The summed E-state index contributed by atoms with van der Waals surface area (Å²) in [5.41, 5.74) is 3.29. The van der Waals surface area contributed by atoms with Gasteiger partial charge in [-0.25, -0.2) is 9.59 Å². The molecule has 0 aliphatic carbocycles. The number of nitrogens with zero attached hydrogens (tertiary/aromatic N) is 1. The highest BCUT2D eigenvalue weighted by Gasteiger charge is 2.28. The fraction of sp³-hybridized carbons (Fsp3) is 0.500. The molecule has 1 aromatic heterocycles. The number of aromatic nitrogens is 1. The monoisotopic (exact) mass is 373 g/mol. The van der Waals surface area contributed by atoms with Gasteiger partial charge in [0.1, 0.15) is 11.8 Å². The van der Waals surface area contributed by atoms with Crippen LogP contribution in [0.5, 0.6) is 5.75 Å². The summed E-state index contributed by atoms with van der Waals surface area (Å²) in [6.45, 7) is 5.09. The number of benzene rings is 1. The standard InChI is InChI=1S/C20H27N3O4/c1-12(2)9-17(19(24)27-4)22-20(25)23-8-7-14-15-10-13(26-3)5-6-16(15)21-18(14)11-23/h5-6,10,12,17,21H,7-9,11H2,1-4H3,(H,22,25). The average molecular weight is 373 g/mol. The van der Waals surface area contributed by atoms with E-state index in [1.54, 1.807) is 12.0 Å². The van der Waals surface area contributed by atoms with E-state index < -0.39 is 12.0 Å². The predicted octanol–water partition coefficient (Wildman–Crippen LogP) is 2.83. The summed E-state index contributed by atoms with van der Waals surface area (Å²) in [5.74, 6) is 0.678. The van der Waals surface area contributed by atoms with Crippen LogP contribution in [0.2, 0.25) is 0 Å². The Hall–Kier alpha value is -2.70. The number of nitrogens with one attached hydrogen (secondary N) is 2. The molecule has 1 atom stereocenters. The highest BCUT2D eigenvalue weighted by Crippen LogP contribution is 2.30. The summed E-state index contributed by atoms with van der Waals surface area (Å²) in [7, 11) is 3.00. The minimum absolute atomic E-state index is 0.243. The predicted molar refractivity (Wildman–Crippen MR) is 103 cm³/mol. The molecular formula is C20H27N3O4. The Kier molecular flexibility index (Phi) is 5.58. The molecule has 0 fully saturated rings. The highest BCUT2D eigenvalue weighted by molar-refractivity contribution is 5.87. The molecule has 27 heavy (non-hydrogen) atoms. The normalized spacial score (nSPS) is 14.8. The van der Waals surface area contributed by atoms with E-state index in [0.717, 1.165) is 28.8 Å². The third kappa shape index (κ3) is 4.02. The Morgan fingerprint density at radius 1 is 1.30 bits per heavy atom. The van der Waals surface area contributed by atoms with Crippen LogP contribution < -0.4 is 10.1 Å². The van der Waals surface area contributed by atoms with Crippen molar-refractivity contribution in [1.82, 2.24) is 15.2 Å². The Labute approximate surface area is 159 Å². The minimum Gasteiger partial charge on any atom is -0.497 e. The number of ether oxygens (including phenoxy) is 2. The molecule has 0 bridgehead atoms. The van der Waals surface area contributed by atoms with E-state index in [-0.39, 0.29) is 11.9 Å². The van der Waals surface area contributed by atoms with Crippen molar-refractivity contribution >= 4 is 22.9 Å².